The molecule has 0 spiro atoms. The van der Waals surface area contributed by atoms with Crippen LogP contribution in [-0.2, 0) is 0 Å². The van der Waals surface area contributed by atoms with Gasteiger partial charge in [-0.1, -0.05) is 34.6 Å². The molecule has 0 aromatic rings. The third-order valence-electron chi connectivity index (χ3n) is 2.45. The highest BCUT2D eigenvalue weighted by atomic mass is 15.2. The Kier molecular flexibility index (Phi) is 9.12. The van der Waals surface area contributed by atoms with E-state index in [-0.39, 0.29) is 0 Å². The van der Waals surface area contributed by atoms with E-state index in [1.165, 1.54) is 39.0 Å². The van der Waals surface area contributed by atoms with Gasteiger partial charge in [0.15, 0.2) is 0 Å². The molecule has 0 aliphatic carbocycles. The first-order valence-electron chi connectivity index (χ1n) is 6.65. The Hall–Kier alpha value is -0.0800. The van der Waals surface area contributed by atoms with Gasteiger partial charge < -0.3 is 5.32 Å². The fourth-order valence-corrected chi connectivity index (χ4v) is 1.91. The summed E-state index contributed by atoms with van der Waals surface area (Å²) < 4.78 is 0. The molecule has 15 heavy (non-hydrogen) atoms. The van der Waals surface area contributed by atoms with E-state index in [0.717, 1.165) is 12.0 Å². The molecule has 1 unspecified atom stereocenters. The lowest BCUT2D eigenvalue weighted by molar-refractivity contribution is 0.212. The van der Waals surface area contributed by atoms with Crippen LogP contribution < -0.4 is 5.32 Å². The van der Waals surface area contributed by atoms with Crippen molar-refractivity contribution < 1.29 is 0 Å². The second-order valence-corrected chi connectivity index (χ2v) is 4.77. The molecule has 2 nitrogen and oxygen atoms in total. The highest BCUT2D eigenvalue weighted by Gasteiger charge is 2.25. The van der Waals surface area contributed by atoms with E-state index in [2.05, 4.69) is 31.0 Å². The summed E-state index contributed by atoms with van der Waals surface area (Å²) in [7, 11) is 0. The summed E-state index contributed by atoms with van der Waals surface area (Å²) in [5.74, 6) is 0.833. The molecule has 0 saturated carbocycles. The first-order chi connectivity index (χ1) is 7.20. The van der Waals surface area contributed by atoms with Crippen molar-refractivity contribution in [2.45, 2.75) is 53.5 Å². The van der Waals surface area contributed by atoms with Crippen molar-refractivity contribution >= 4 is 0 Å². The van der Waals surface area contributed by atoms with Gasteiger partial charge >= 0.3 is 0 Å². The van der Waals surface area contributed by atoms with E-state index in [0.29, 0.717) is 0 Å². The largest absolute Gasteiger partial charge is 0.314 e. The van der Waals surface area contributed by atoms with E-state index in [1.807, 2.05) is 13.8 Å². The highest BCUT2D eigenvalue weighted by molar-refractivity contribution is 4.84. The zero-order chi connectivity index (χ0) is 11.7. The molecular formula is C13H30N2. The first kappa shape index (κ1) is 14.9. The number of hydrogen-bond acceptors (Lipinski definition) is 2. The molecule has 2 aliphatic rings. The summed E-state index contributed by atoms with van der Waals surface area (Å²) >= 11 is 0. The number of piperazine rings is 1. The van der Waals surface area contributed by atoms with Gasteiger partial charge in [-0.15, -0.1) is 0 Å². The molecule has 2 saturated heterocycles. The number of nitrogens with one attached hydrogen (secondary N) is 1. The molecule has 0 bridgehead atoms. The molecule has 1 atom stereocenters. The zero-order valence-corrected chi connectivity index (χ0v) is 11.3. The lowest BCUT2D eigenvalue weighted by atomic mass is 10.2. The fraction of sp³-hybridized carbons (Fsp3) is 1.00. The van der Waals surface area contributed by atoms with Crippen LogP contribution >= 0.6 is 0 Å². The molecule has 2 heteroatoms. The maximum atomic E-state index is 3.41. The number of fused-ring (bicyclic) bond motifs is 1. The predicted molar refractivity (Wildman–Crippen MR) is 69.3 cm³/mol. The standard InChI is InChI=1S/C7H14N2.C4H10.C2H6/c1-2-7-6-8-3-5-9(7)4-1;1-4(2)3;1-2/h7-8H,1-6H2;4H,1-3H3;1-2H3. The van der Waals surface area contributed by atoms with E-state index >= 15 is 0 Å². The summed E-state index contributed by atoms with van der Waals surface area (Å²) in [5, 5.41) is 3.41. The average Bonchev–Trinajstić information content (AvgIpc) is 2.67. The number of nitrogens with zero attached hydrogens (tertiary/aromatic N) is 1. The van der Waals surface area contributed by atoms with Crippen LogP contribution in [0.3, 0.4) is 0 Å². The molecule has 0 amide bonds. The maximum absolute atomic E-state index is 3.41. The second kappa shape index (κ2) is 9.17. The van der Waals surface area contributed by atoms with Crippen molar-refractivity contribution in [3.8, 4) is 0 Å². The van der Waals surface area contributed by atoms with Gasteiger partial charge in [-0.2, -0.15) is 0 Å². The zero-order valence-electron chi connectivity index (χ0n) is 11.3. The van der Waals surface area contributed by atoms with Crippen molar-refractivity contribution in [3.05, 3.63) is 0 Å². The highest BCUT2D eigenvalue weighted by Crippen LogP contribution is 2.17. The van der Waals surface area contributed by atoms with Gasteiger partial charge in [0.25, 0.3) is 0 Å². The molecule has 1 N–H and O–H groups in total. The van der Waals surface area contributed by atoms with E-state index < -0.39 is 0 Å². The average molecular weight is 214 g/mol. The van der Waals surface area contributed by atoms with Crippen LogP contribution in [0.2, 0.25) is 0 Å². The minimum absolute atomic E-state index is 0.833. The summed E-state index contributed by atoms with van der Waals surface area (Å²) in [5.41, 5.74) is 0. The van der Waals surface area contributed by atoms with E-state index in [1.54, 1.807) is 0 Å². The van der Waals surface area contributed by atoms with Gasteiger partial charge in [0.1, 0.15) is 0 Å². The Balaban J connectivity index is 0.000000282. The van der Waals surface area contributed by atoms with Crippen molar-refractivity contribution in [1.29, 1.82) is 0 Å². The third kappa shape index (κ3) is 6.91. The monoisotopic (exact) mass is 214 g/mol. The van der Waals surface area contributed by atoms with E-state index in [4.69, 9.17) is 0 Å². The van der Waals surface area contributed by atoms with Gasteiger partial charge in [-0.25, -0.2) is 0 Å². The molecule has 2 heterocycles. The first-order valence-corrected chi connectivity index (χ1v) is 6.65. The van der Waals surface area contributed by atoms with Gasteiger partial charge in [0, 0.05) is 25.7 Å². The lowest BCUT2D eigenvalue weighted by Gasteiger charge is -2.29. The third-order valence-corrected chi connectivity index (χ3v) is 2.45. The molecule has 92 valence electrons. The summed E-state index contributed by atoms with van der Waals surface area (Å²) in [6, 6.07) is 0.888. The summed E-state index contributed by atoms with van der Waals surface area (Å²) in [6.07, 6.45) is 2.85. The van der Waals surface area contributed by atoms with Crippen LogP contribution in [0.5, 0.6) is 0 Å². The van der Waals surface area contributed by atoms with Crippen molar-refractivity contribution in [1.82, 2.24) is 10.2 Å². The molecule has 2 rings (SSSR count). The van der Waals surface area contributed by atoms with Crippen LogP contribution in [0.4, 0.5) is 0 Å². The van der Waals surface area contributed by atoms with Crippen LogP contribution in [0.25, 0.3) is 0 Å². The SMILES string of the molecule is C1CC2CNCCN2C1.CC.CC(C)C. The maximum Gasteiger partial charge on any atom is 0.0221 e. The van der Waals surface area contributed by atoms with Gasteiger partial charge in [-0.05, 0) is 25.3 Å². The predicted octanol–water partition coefficient (Wildman–Crippen LogP) is 2.74. The molecular weight excluding hydrogens is 184 g/mol. The Labute approximate surface area is 96.4 Å². The number of rotatable bonds is 0. The second-order valence-electron chi connectivity index (χ2n) is 4.77. The topological polar surface area (TPSA) is 15.3 Å². The Morgan fingerprint density at radius 3 is 2.27 bits per heavy atom. The van der Waals surface area contributed by atoms with Crippen molar-refractivity contribution in [2.75, 3.05) is 26.2 Å². The Morgan fingerprint density at radius 2 is 1.73 bits per heavy atom. The van der Waals surface area contributed by atoms with Crippen LogP contribution in [0.1, 0.15) is 47.5 Å². The van der Waals surface area contributed by atoms with Crippen molar-refractivity contribution in [2.24, 2.45) is 5.92 Å². The van der Waals surface area contributed by atoms with Crippen LogP contribution in [0.15, 0.2) is 0 Å². The smallest absolute Gasteiger partial charge is 0.0221 e. The Bertz CT molecular complexity index is 120. The summed E-state index contributed by atoms with van der Waals surface area (Å²) in [4.78, 5) is 2.61. The quantitative estimate of drug-likeness (QED) is 0.667. The molecule has 2 aliphatic heterocycles. The molecule has 0 aromatic heterocycles. The normalized spacial score (nSPS) is 24.8. The molecule has 0 radical (unpaired) electrons. The van der Waals surface area contributed by atoms with Crippen LogP contribution in [0, 0.1) is 5.92 Å². The van der Waals surface area contributed by atoms with E-state index in [9.17, 15) is 0 Å². The summed E-state index contributed by atoms with van der Waals surface area (Å²) in [6.45, 7) is 15.6. The van der Waals surface area contributed by atoms with Gasteiger partial charge in [0.05, 0.1) is 0 Å². The van der Waals surface area contributed by atoms with Gasteiger partial charge in [-0.3, -0.25) is 4.90 Å². The lowest BCUT2D eigenvalue weighted by Crippen LogP contribution is -2.47. The molecule has 2 fully saturated rings. The van der Waals surface area contributed by atoms with Crippen molar-refractivity contribution in [3.63, 3.8) is 0 Å². The minimum atomic E-state index is 0.833. The fourth-order valence-electron chi connectivity index (χ4n) is 1.91. The molecule has 0 aromatic carbocycles. The number of hydrogen-bond donors (Lipinski definition) is 1. The minimum Gasteiger partial charge on any atom is -0.314 e. The van der Waals surface area contributed by atoms with Gasteiger partial charge in [0.2, 0.25) is 0 Å². The van der Waals surface area contributed by atoms with Crippen LogP contribution in [-0.4, -0.2) is 37.1 Å². The Morgan fingerprint density at radius 1 is 1.13 bits per heavy atom.